The zero-order chi connectivity index (χ0) is 19.6. The van der Waals surface area contributed by atoms with E-state index >= 15 is 0 Å². The van der Waals surface area contributed by atoms with Gasteiger partial charge in [0.05, 0.1) is 5.02 Å². The van der Waals surface area contributed by atoms with Gasteiger partial charge in [0.2, 0.25) is 6.10 Å². The standard InChI is InChI=1S/C21H24ClFN2O2/c1-21(2)13-25(11-10-18(21)24)20(26)19(14-6-4-3-5-7-14)27-17-9-8-15(23)12-16(17)22/h3-9,12,18-19H,10-11,13,24H2,1-2H3. The van der Waals surface area contributed by atoms with E-state index in [1.165, 1.54) is 18.2 Å². The Balaban J connectivity index is 1.89. The normalized spacial score (nSPS) is 20.2. The summed E-state index contributed by atoms with van der Waals surface area (Å²) in [5.41, 5.74) is 6.74. The Morgan fingerprint density at radius 1 is 1.30 bits per heavy atom. The smallest absolute Gasteiger partial charge is 0.268 e. The molecule has 0 aromatic heterocycles. The minimum Gasteiger partial charge on any atom is -0.474 e. The number of hydrogen-bond acceptors (Lipinski definition) is 3. The van der Waals surface area contributed by atoms with Crippen LogP contribution in [0, 0.1) is 11.2 Å². The quantitative estimate of drug-likeness (QED) is 0.851. The lowest BCUT2D eigenvalue weighted by Gasteiger charge is -2.43. The monoisotopic (exact) mass is 390 g/mol. The third kappa shape index (κ3) is 4.42. The van der Waals surface area contributed by atoms with Crippen LogP contribution in [0.15, 0.2) is 48.5 Å². The molecule has 2 atom stereocenters. The maximum Gasteiger partial charge on any atom is 0.268 e. The van der Waals surface area contributed by atoms with Gasteiger partial charge < -0.3 is 15.4 Å². The minimum atomic E-state index is -0.862. The molecule has 0 aliphatic carbocycles. The van der Waals surface area contributed by atoms with Gasteiger partial charge in [0.25, 0.3) is 5.91 Å². The van der Waals surface area contributed by atoms with Gasteiger partial charge >= 0.3 is 0 Å². The number of amides is 1. The van der Waals surface area contributed by atoms with Crippen molar-refractivity contribution in [2.24, 2.45) is 11.1 Å². The van der Waals surface area contributed by atoms with Crippen LogP contribution in [0.2, 0.25) is 5.02 Å². The second-order valence-corrected chi connectivity index (χ2v) is 8.03. The number of benzene rings is 2. The Kier molecular flexibility index (Phi) is 5.72. The zero-order valence-electron chi connectivity index (χ0n) is 15.5. The van der Waals surface area contributed by atoms with Crippen LogP contribution in [0.3, 0.4) is 0 Å². The first-order chi connectivity index (χ1) is 12.8. The average Bonchev–Trinajstić information content (AvgIpc) is 2.63. The van der Waals surface area contributed by atoms with Crippen LogP contribution in [0.5, 0.6) is 5.75 Å². The summed E-state index contributed by atoms with van der Waals surface area (Å²) in [5.74, 6) is -0.337. The van der Waals surface area contributed by atoms with Gasteiger partial charge in [-0.15, -0.1) is 0 Å². The summed E-state index contributed by atoms with van der Waals surface area (Å²) >= 11 is 6.11. The number of ether oxygens (including phenoxy) is 1. The summed E-state index contributed by atoms with van der Waals surface area (Å²) in [5, 5.41) is 0.129. The van der Waals surface area contributed by atoms with Crippen molar-refractivity contribution in [3.63, 3.8) is 0 Å². The molecule has 2 N–H and O–H groups in total. The highest BCUT2D eigenvalue weighted by atomic mass is 35.5. The summed E-state index contributed by atoms with van der Waals surface area (Å²) in [6, 6.07) is 13.2. The van der Waals surface area contributed by atoms with E-state index < -0.39 is 11.9 Å². The summed E-state index contributed by atoms with van der Waals surface area (Å²) in [7, 11) is 0. The summed E-state index contributed by atoms with van der Waals surface area (Å²) < 4.78 is 19.3. The van der Waals surface area contributed by atoms with E-state index in [1.54, 1.807) is 4.90 Å². The van der Waals surface area contributed by atoms with E-state index in [2.05, 4.69) is 13.8 Å². The molecule has 2 unspecified atom stereocenters. The molecule has 144 valence electrons. The summed E-state index contributed by atoms with van der Waals surface area (Å²) in [4.78, 5) is 15.1. The van der Waals surface area contributed by atoms with Crippen LogP contribution >= 0.6 is 11.6 Å². The van der Waals surface area contributed by atoms with Crippen molar-refractivity contribution in [3.05, 3.63) is 64.9 Å². The fourth-order valence-electron chi connectivity index (χ4n) is 3.31. The summed E-state index contributed by atoms with van der Waals surface area (Å²) in [6.07, 6.45) is -0.128. The molecule has 2 aromatic carbocycles. The van der Waals surface area contributed by atoms with Gasteiger partial charge in [-0.25, -0.2) is 4.39 Å². The molecular formula is C21H24ClFN2O2. The number of nitrogens with two attached hydrogens (primary N) is 1. The molecule has 0 bridgehead atoms. The number of carbonyl (C=O) groups excluding carboxylic acids is 1. The Hall–Kier alpha value is -2.11. The van der Waals surface area contributed by atoms with Crippen LogP contribution in [0.25, 0.3) is 0 Å². The Bertz CT molecular complexity index is 813. The lowest BCUT2D eigenvalue weighted by molar-refractivity contribution is -0.142. The molecule has 0 saturated carbocycles. The van der Waals surface area contributed by atoms with Crippen LogP contribution in [0.4, 0.5) is 4.39 Å². The number of piperidine rings is 1. The van der Waals surface area contributed by atoms with Crippen molar-refractivity contribution in [1.29, 1.82) is 0 Å². The van der Waals surface area contributed by atoms with Gasteiger partial charge in [0, 0.05) is 24.7 Å². The van der Waals surface area contributed by atoms with Gasteiger partial charge in [-0.1, -0.05) is 55.8 Å². The molecule has 3 rings (SSSR count). The number of hydrogen-bond donors (Lipinski definition) is 1. The average molecular weight is 391 g/mol. The van der Waals surface area contributed by atoms with Crippen molar-refractivity contribution in [2.45, 2.75) is 32.4 Å². The van der Waals surface area contributed by atoms with Crippen molar-refractivity contribution in [2.75, 3.05) is 13.1 Å². The molecule has 2 aromatic rings. The maximum atomic E-state index is 13.4. The molecule has 1 aliphatic heterocycles. The van der Waals surface area contributed by atoms with Crippen molar-refractivity contribution in [1.82, 2.24) is 4.90 Å². The second kappa shape index (κ2) is 7.87. The highest BCUT2D eigenvalue weighted by Gasteiger charge is 2.38. The lowest BCUT2D eigenvalue weighted by Crippen LogP contribution is -2.55. The lowest BCUT2D eigenvalue weighted by atomic mass is 9.79. The number of rotatable bonds is 4. The number of carbonyl (C=O) groups is 1. The zero-order valence-corrected chi connectivity index (χ0v) is 16.2. The molecule has 1 aliphatic rings. The maximum absolute atomic E-state index is 13.4. The minimum absolute atomic E-state index is 0.0455. The fourth-order valence-corrected chi connectivity index (χ4v) is 3.53. The molecule has 1 saturated heterocycles. The van der Waals surface area contributed by atoms with Gasteiger partial charge in [-0.2, -0.15) is 0 Å². The van der Waals surface area contributed by atoms with Crippen molar-refractivity contribution >= 4 is 17.5 Å². The van der Waals surface area contributed by atoms with Gasteiger partial charge in [0.1, 0.15) is 11.6 Å². The first-order valence-electron chi connectivity index (χ1n) is 8.99. The van der Waals surface area contributed by atoms with Gasteiger partial charge in [-0.05, 0) is 30.0 Å². The largest absolute Gasteiger partial charge is 0.474 e. The van der Waals surface area contributed by atoms with E-state index in [1.807, 2.05) is 30.3 Å². The molecular weight excluding hydrogens is 367 g/mol. The van der Waals surface area contributed by atoms with E-state index in [0.717, 1.165) is 12.0 Å². The number of halogens is 2. The molecule has 4 nitrogen and oxygen atoms in total. The van der Waals surface area contributed by atoms with E-state index in [4.69, 9.17) is 22.1 Å². The van der Waals surface area contributed by atoms with Crippen molar-refractivity contribution < 1.29 is 13.9 Å². The van der Waals surface area contributed by atoms with Crippen LogP contribution in [0.1, 0.15) is 31.9 Å². The highest BCUT2D eigenvalue weighted by Crippen LogP contribution is 2.33. The molecule has 1 heterocycles. The van der Waals surface area contributed by atoms with E-state index in [0.29, 0.717) is 13.1 Å². The van der Waals surface area contributed by atoms with Crippen LogP contribution in [-0.2, 0) is 4.79 Å². The van der Waals surface area contributed by atoms with Crippen LogP contribution in [-0.4, -0.2) is 29.9 Å². The van der Waals surface area contributed by atoms with Gasteiger partial charge in [0.15, 0.2) is 0 Å². The Morgan fingerprint density at radius 2 is 2.00 bits per heavy atom. The first kappa shape index (κ1) is 19.6. The Morgan fingerprint density at radius 3 is 2.63 bits per heavy atom. The number of likely N-dealkylation sites (tertiary alicyclic amines) is 1. The van der Waals surface area contributed by atoms with Crippen molar-refractivity contribution in [3.8, 4) is 5.75 Å². The molecule has 1 amide bonds. The molecule has 0 radical (unpaired) electrons. The predicted octanol–water partition coefficient (Wildman–Crippen LogP) is 4.19. The molecule has 6 heteroatoms. The first-order valence-corrected chi connectivity index (χ1v) is 9.37. The molecule has 27 heavy (non-hydrogen) atoms. The van der Waals surface area contributed by atoms with Crippen LogP contribution < -0.4 is 10.5 Å². The third-order valence-electron chi connectivity index (χ3n) is 5.09. The van der Waals surface area contributed by atoms with E-state index in [-0.39, 0.29) is 28.1 Å². The van der Waals surface area contributed by atoms with Gasteiger partial charge in [-0.3, -0.25) is 4.79 Å². The fraction of sp³-hybridized carbons (Fsp3) is 0.381. The summed E-state index contributed by atoms with van der Waals surface area (Å²) in [6.45, 7) is 5.25. The second-order valence-electron chi connectivity index (χ2n) is 7.63. The molecule has 0 spiro atoms. The number of nitrogens with zero attached hydrogens (tertiary/aromatic N) is 1. The predicted molar refractivity (Wildman–Crippen MR) is 104 cm³/mol. The Labute approximate surface area is 164 Å². The third-order valence-corrected chi connectivity index (χ3v) is 5.38. The topological polar surface area (TPSA) is 55.6 Å². The highest BCUT2D eigenvalue weighted by molar-refractivity contribution is 6.32. The SMILES string of the molecule is CC1(C)CN(C(=O)C(Oc2ccc(F)cc2Cl)c2ccccc2)CCC1N. The van der Waals surface area contributed by atoms with E-state index in [9.17, 15) is 9.18 Å². The molecule has 1 fully saturated rings.